The highest BCUT2D eigenvalue weighted by Crippen LogP contribution is 2.07. The molecule has 0 nitrogen and oxygen atoms in total. The lowest BCUT2D eigenvalue weighted by Crippen LogP contribution is -1.69. The van der Waals surface area contributed by atoms with Crippen molar-refractivity contribution < 1.29 is 0 Å². The molecule has 0 N–H and O–H groups in total. The highest BCUT2D eigenvalue weighted by Gasteiger charge is 1.87. The van der Waals surface area contributed by atoms with Crippen molar-refractivity contribution in [2.24, 2.45) is 0 Å². The first-order chi connectivity index (χ1) is 5.83. The normalized spacial score (nSPS) is 14.0. The molecular formula is C12H18. The molecule has 1 aliphatic carbocycles. The molecule has 0 aromatic rings. The maximum atomic E-state index is 3.19. The second-order valence-electron chi connectivity index (χ2n) is 2.43. The van der Waals surface area contributed by atoms with Gasteiger partial charge in [-0.1, -0.05) is 44.6 Å². The van der Waals surface area contributed by atoms with E-state index in [2.05, 4.69) is 37.8 Å². The minimum absolute atomic E-state index is 1.06. The van der Waals surface area contributed by atoms with Crippen LogP contribution in [-0.2, 0) is 0 Å². The summed E-state index contributed by atoms with van der Waals surface area (Å²) in [6.07, 6.45) is 9.35. The second kappa shape index (κ2) is 6.69. The molecule has 0 unspecified atom stereocenters. The van der Waals surface area contributed by atoms with Gasteiger partial charge in [-0.25, -0.2) is 0 Å². The van der Waals surface area contributed by atoms with E-state index in [9.17, 15) is 0 Å². The van der Waals surface area contributed by atoms with Gasteiger partial charge in [-0.2, -0.15) is 0 Å². The van der Waals surface area contributed by atoms with E-state index < -0.39 is 0 Å². The SMILES string of the molecule is CC.CCC1=C=CC=C(C)C=C1. The Kier molecular flexibility index (Phi) is 6.14. The molecule has 0 aromatic carbocycles. The molecule has 0 radical (unpaired) electrons. The standard InChI is InChI=1S/C10H12.C2H6/c1-3-10-6-4-5-9(2)7-8-10;1-2/h4-5,7-8H,3H2,1-2H3;1-2H3. The van der Waals surface area contributed by atoms with E-state index in [1.54, 1.807) is 0 Å². The first kappa shape index (κ1) is 11.0. The molecule has 12 heavy (non-hydrogen) atoms. The van der Waals surface area contributed by atoms with Crippen LogP contribution >= 0.6 is 0 Å². The molecule has 0 saturated heterocycles. The Morgan fingerprint density at radius 1 is 1.25 bits per heavy atom. The summed E-state index contributed by atoms with van der Waals surface area (Å²) < 4.78 is 0. The first-order valence-electron chi connectivity index (χ1n) is 4.63. The molecule has 1 aliphatic rings. The summed E-state index contributed by atoms with van der Waals surface area (Å²) in [6, 6.07) is 0. The van der Waals surface area contributed by atoms with Crippen molar-refractivity contribution in [1.82, 2.24) is 0 Å². The zero-order chi connectivity index (χ0) is 9.40. The van der Waals surface area contributed by atoms with Crippen molar-refractivity contribution in [3.63, 3.8) is 0 Å². The van der Waals surface area contributed by atoms with Gasteiger partial charge in [0.05, 0.1) is 0 Å². The van der Waals surface area contributed by atoms with Gasteiger partial charge in [-0.3, -0.25) is 0 Å². The lowest BCUT2D eigenvalue weighted by molar-refractivity contribution is 1.15. The number of rotatable bonds is 1. The lowest BCUT2D eigenvalue weighted by atomic mass is 10.2. The zero-order valence-corrected chi connectivity index (χ0v) is 8.52. The summed E-state index contributed by atoms with van der Waals surface area (Å²) in [5, 5.41) is 0. The van der Waals surface area contributed by atoms with Gasteiger partial charge < -0.3 is 0 Å². The van der Waals surface area contributed by atoms with E-state index in [0.29, 0.717) is 0 Å². The monoisotopic (exact) mass is 162 g/mol. The molecule has 0 fully saturated rings. The molecule has 0 aliphatic heterocycles. The third kappa shape index (κ3) is 4.00. The summed E-state index contributed by atoms with van der Waals surface area (Å²) in [5.74, 6) is 0. The minimum atomic E-state index is 1.06. The van der Waals surface area contributed by atoms with Gasteiger partial charge in [0.1, 0.15) is 0 Å². The quantitative estimate of drug-likeness (QED) is 0.511. The van der Waals surface area contributed by atoms with Crippen LogP contribution in [0, 0.1) is 0 Å². The number of allylic oxidation sites excluding steroid dienone is 5. The molecule has 0 bridgehead atoms. The van der Waals surface area contributed by atoms with Gasteiger partial charge in [-0.05, 0) is 25.0 Å². The van der Waals surface area contributed by atoms with E-state index in [1.165, 1.54) is 11.1 Å². The molecular weight excluding hydrogens is 144 g/mol. The van der Waals surface area contributed by atoms with Crippen LogP contribution in [0.5, 0.6) is 0 Å². The molecule has 0 amide bonds. The van der Waals surface area contributed by atoms with Crippen LogP contribution in [0.3, 0.4) is 0 Å². The van der Waals surface area contributed by atoms with Gasteiger partial charge >= 0.3 is 0 Å². The number of hydrogen-bond acceptors (Lipinski definition) is 0. The molecule has 0 heteroatoms. The fourth-order valence-electron chi connectivity index (χ4n) is 0.836. The van der Waals surface area contributed by atoms with Gasteiger partial charge in [0.2, 0.25) is 0 Å². The maximum Gasteiger partial charge on any atom is -0.00630 e. The highest BCUT2D eigenvalue weighted by atomic mass is 13.9. The van der Waals surface area contributed by atoms with Crippen LogP contribution in [0.4, 0.5) is 0 Å². The molecule has 66 valence electrons. The van der Waals surface area contributed by atoms with Crippen LogP contribution in [0.1, 0.15) is 34.1 Å². The van der Waals surface area contributed by atoms with E-state index >= 15 is 0 Å². The summed E-state index contributed by atoms with van der Waals surface area (Å²) in [6.45, 7) is 8.23. The van der Waals surface area contributed by atoms with Gasteiger partial charge in [0.25, 0.3) is 0 Å². The van der Waals surface area contributed by atoms with Crippen LogP contribution in [0.25, 0.3) is 0 Å². The summed E-state index contributed by atoms with van der Waals surface area (Å²) in [7, 11) is 0. The van der Waals surface area contributed by atoms with Gasteiger partial charge in [0, 0.05) is 0 Å². The first-order valence-corrected chi connectivity index (χ1v) is 4.63. The Morgan fingerprint density at radius 3 is 2.50 bits per heavy atom. The Balaban J connectivity index is 0.000000561. The Hall–Kier alpha value is -1.00. The van der Waals surface area contributed by atoms with Crippen molar-refractivity contribution >= 4 is 0 Å². The average Bonchev–Trinajstić information content (AvgIpc) is 2.33. The van der Waals surface area contributed by atoms with Gasteiger partial charge in [0.15, 0.2) is 0 Å². The predicted molar refractivity (Wildman–Crippen MR) is 56.1 cm³/mol. The lowest BCUT2D eigenvalue weighted by Gasteiger charge is -1.88. The third-order valence-electron chi connectivity index (χ3n) is 1.54. The van der Waals surface area contributed by atoms with Crippen LogP contribution in [0.15, 0.2) is 41.2 Å². The Labute approximate surface area is 76.0 Å². The second-order valence-corrected chi connectivity index (χ2v) is 2.43. The summed E-state index contributed by atoms with van der Waals surface area (Å²) in [5.41, 5.74) is 5.75. The fraction of sp³-hybridized carbons (Fsp3) is 0.417. The van der Waals surface area contributed by atoms with E-state index in [1.807, 2.05) is 19.9 Å². The van der Waals surface area contributed by atoms with Crippen molar-refractivity contribution in [2.45, 2.75) is 34.1 Å². The maximum absolute atomic E-state index is 3.19. The molecule has 0 aromatic heterocycles. The average molecular weight is 162 g/mol. The van der Waals surface area contributed by atoms with E-state index in [-0.39, 0.29) is 0 Å². The van der Waals surface area contributed by atoms with Crippen molar-refractivity contribution in [1.29, 1.82) is 0 Å². The molecule has 1 rings (SSSR count). The molecule has 0 heterocycles. The largest absolute Gasteiger partial charge is 0.117 e. The predicted octanol–water partition coefficient (Wildman–Crippen LogP) is 4.02. The van der Waals surface area contributed by atoms with E-state index in [4.69, 9.17) is 0 Å². The third-order valence-corrected chi connectivity index (χ3v) is 1.54. The summed E-state index contributed by atoms with van der Waals surface area (Å²) in [4.78, 5) is 0. The van der Waals surface area contributed by atoms with Crippen molar-refractivity contribution in [3.8, 4) is 0 Å². The topological polar surface area (TPSA) is 0 Å². The van der Waals surface area contributed by atoms with Crippen LogP contribution in [0.2, 0.25) is 0 Å². The highest BCUT2D eigenvalue weighted by molar-refractivity contribution is 5.32. The number of hydrogen-bond donors (Lipinski definition) is 0. The minimum Gasteiger partial charge on any atom is -0.117 e. The van der Waals surface area contributed by atoms with Crippen LogP contribution in [-0.4, -0.2) is 0 Å². The van der Waals surface area contributed by atoms with Crippen LogP contribution < -0.4 is 0 Å². The smallest absolute Gasteiger partial charge is 0.00630 e. The van der Waals surface area contributed by atoms with Gasteiger partial charge in [-0.15, -0.1) is 5.73 Å². The molecule has 0 spiro atoms. The molecule has 0 saturated carbocycles. The summed E-state index contributed by atoms with van der Waals surface area (Å²) >= 11 is 0. The van der Waals surface area contributed by atoms with Crippen molar-refractivity contribution in [3.05, 3.63) is 41.2 Å². The fourth-order valence-corrected chi connectivity index (χ4v) is 0.836. The Bertz CT molecular complexity index is 233. The molecule has 0 atom stereocenters. The van der Waals surface area contributed by atoms with Crippen molar-refractivity contribution in [2.75, 3.05) is 0 Å². The van der Waals surface area contributed by atoms with E-state index in [0.717, 1.165) is 6.42 Å². The Morgan fingerprint density at radius 2 is 1.92 bits per heavy atom. The zero-order valence-electron chi connectivity index (χ0n) is 8.52.